The minimum absolute atomic E-state index is 0.383. The summed E-state index contributed by atoms with van der Waals surface area (Å²) in [6.07, 6.45) is 5.89. The summed E-state index contributed by atoms with van der Waals surface area (Å²) in [6, 6.07) is 4.15. The number of hydrogen-bond donors (Lipinski definition) is 1. The van der Waals surface area contributed by atoms with E-state index in [1.807, 2.05) is 37.2 Å². The highest BCUT2D eigenvalue weighted by Gasteiger charge is 2.19. The quantitative estimate of drug-likeness (QED) is 0.599. The van der Waals surface area contributed by atoms with Gasteiger partial charge in [-0.3, -0.25) is 14.7 Å². The Hall–Kier alpha value is -2.37. The van der Waals surface area contributed by atoms with Crippen LogP contribution in [0.2, 0.25) is 0 Å². The fourth-order valence-corrected chi connectivity index (χ4v) is 3.41. The largest absolute Gasteiger partial charge is 0.356 e. The van der Waals surface area contributed by atoms with Crippen LogP contribution in [0.15, 0.2) is 35.7 Å². The lowest BCUT2D eigenvalue weighted by Gasteiger charge is -2.26. The highest BCUT2D eigenvalue weighted by molar-refractivity contribution is 5.79. The first-order valence-corrected chi connectivity index (χ1v) is 9.67. The topological polar surface area (TPSA) is 58.3 Å². The molecule has 2 heterocycles. The molecular weight excluding hydrogens is 336 g/mol. The van der Waals surface area contributed by atoms with Crippen LogP contribution in [0.3, 0.4) is 0 Å². The number of hydrogen-bond acceptors (Lipinski definition) is 3. The minimum atomic E-state index is 0.383. The second kappa shape index (κ2) is 9.53. The zero-order valence-corrected chi connectivity index (χ0v) is 17.8. The van der Waals surface area contributed by atoms with Gasteiger partial charge in [0.1, 0.15) is 0 Å². The van der Waals surface area contributed by atoms with Gasteiger partial charge in [0.2, 0.25) is 0 Å². The predicted octanol–water partition coefficient (Wildman–Crippen LogP) is 3.39. The third-order valence-electron chi connectivity index (χ3n) is 4.86. The summed E-state index contributed by atoms with van der Waals surface area (Å²) < 4.78 is 1.89. The lowest BCUT2D eigenvalue weighted by atomic mass is 9.89. The first-order valence-electron chi connectivity index (χ1n) is 9.67. The maximum atomic E-state index is 4.61. The smallest absolute Gasteiger partial charge is 0.193 e. The molecular formula is C21H34N6. The SMILES string of the molecule is CN=C(NCC(c1cccnc1)C(C)C)N(C)Cc1cn(C)nc1C(C)C. The molecule has 6 nitrogen and oxygen atoms in total. The zero-order valence-electron chi connectivity index (χ0n) is 17.8. The molecule has 0 radical (unpaired) electrons. The molecule has 0 aliphatic heterocycles. The molecule has 0 fully saturated rings. The Balaban J connectivity index is 2.06. The van der Waals surface area contributed by atoms with Crippen molar-refractivity contribution in [2.24, 2.45) is 18.0 Å². The molecule has 1 unspecified atom stereocenters. The van der Waals surface area contributed by atoms with E-state index in [4.69, 9.17) is 0 Å². The zero-order chi connectivity index (χ0) is 20.0. The monoisotopic (exact) mass is 370 g/mol. The molecule has 6 heteroatoms. The normalized spacial score (nSPS) is 13.3. The van der Waals surface area contributed by atoms with Crippen LogP contribution in [-0.2, 0) is 13.6 Å². The van der Waals surface area contributed by atoms with E-state index in [2.05, 4.69) is 72.3 Å². The molecule has 27 heavy (non-hydrogen) atoms. The van der Waals surface area contributed by atoms with Gasteiger partial charge in [0.05, 0.1) is 5.69 Å². The summed E-state index contributed by atoms with van der Waals surface area (Å²) in [5.74, 6) is 2.19. The number of nitrogens with zero attached hydrogens (tertiary/aromatic N) is 5. The summed E-state index contributed by atoms with van der Waals surface area (Å²) in [5, 5.41) is 8.15. The number of nitrogens with one attached hydrogen (secondary N) is 1. The molecule has 0 saturated carbocycles. The van der Waals surface area contributed by atoms with E-state index < -0.39 is 0 Å². The first-order chi connectivity index (χ1) is 12.8. The van der Waals surface area contributed by atoms with Gasteiger partial charge in [0, 0.05) is 64.3 Å². The van der Waals surface area contributed by atoms with E-state index in [0.717, 1.165) is 24.7 Å². The summed E-state index contributed by atoms with van der Waals surface area (Å²) in [7, 11) is 5.88. The van der Waals surface area contributed by atoms with E-state index in [1.165, 1.54) is 11.1 Å². The van der Waals surface area contributed by atoms with Gasteiger partial charge in [-0.15, -0.1) is 0 Å². The van der Waals surface area contributed by atoms with E-state index in [9.17, 15) is 0 Å². The number of aliphatic imine (C=N–C) groups is 1. The lowest BCUT2D eigenvalue weighted by Crippen LogP contribution is -2.41. The van der Waals surface area contributed by atoms with Crippen molar-refractivity contribution in [2.45, 2.75) is 46.1 Å². The average Bonchev–Trinajstić information content (AvgIpc) is 2.99. The maximum absolute atomic E-state index is 4.61. The fourth-order valence-electron chi connectivity index (χ4n) is 3.41. The van der Waals surface area contributed by atoms with Crippen LogP contribution in [-0.4, -0.2) is 46.3 Å². The molecule has 2 rings (SSSR count). The predicted molar refractivity (Wildman–Crippen MR) is 112 cm³/mol. The maximum Gasteiger partial charge on any atom is 0.193 e. The molecule has 0 amide bonds. The lowest BCUT2D eigenvalue weighted by molar-refractivity contribution is 0.446. The van der Waals surface area contributed by atoms with Crippen LogP contribution >= 0.6 is 0 Å². The number of pyridine rings is 1. The van der Waals surface area contributed by atoms with Gasteiger partial charge in [-0.05, 0) is 23.5 Å². The number of aryl methyl sites for hydroxylation is 1. The van der Waals surface area contributed by atoms with Crippen LogP contribution in [0.4, 0.5) is 0 Å². The number of guanidine groups is 1. The Morgan fingerprint density at radius 2 is 2.04 bits per heavy atom. The number of rotatable bonds is 7. The van der Waals surface area contributed by atoms with Gasteiger partial charge in [0.15, 0.2) is 5.96 Å². The minimum Gasteiger partial charge on any atom is -0.356 e. The van der Waals surface area contributed by atoms with Crippen LogP contribution in [0.25, 0.3) is 0 Å². The fraction of sp³-hybridized carbons (Fsp3) is 0.571. The molecule has 148 valence electrons. The van der Waals surface area contributed by atoms with Gasteiger partial charge in [-0.25, -0.2) is 0 Å². The summed E-state index contributed by atoms with van der Waals surface area (Å²) in [4.78, 5) is 10.9. The molecule has 0 saturated heterocycles. The molecule has 0 aliphatic carbocycles. The third-order valence-corrected chi connectivity index (χ3v) is 4.86. The summed E-state index contributed by atoms with van der Waals surface area (Å²) in [6.45, 7) is 10.5. The molecule has 0 aromatic carbocycles. The van der Waals surface area contributed by atoms with Crippen LogP contribution in [0.5, 0.6) is 0 Å². The Morgan fingerprint density at radius 3 is 2.59 bits per heavy atom. The Labute approximate surface area is 163 Å². The summed E-state index contributed by atoms with van der Waals surface area (Å²) >= 11 is 0. The van der Waals surface area contributed by atoms with Crippen molar-refractivity contribution < 1.29 is 0 Å². The van der Waals surface area contributed by atoms with Crippen molar-refractivity contribution in [2.75, 3.05) is 20.6 Å². The molecule has 0 spiro atoms. The van der Waals surface area contributed by atoms with E-state index in [-0.39, 0.29) is 0 Å². The van der Waals surface area contributed by atoms with Gasteiger partial charge in [-0.2, -0.15) is 5.10 Å². The van der Waals surface area contributed by atoms with Crippen molar-refractivity contribution in [1.29, 1.82) is 0 Å². The first kappa shape index (κ1) is 20.9. The van der Waals surface area contributed by atoms with Crippen molar-refractivity contribution in [3.63, 3.8) is 0 Å². The molecule has 0 aliphatic rings. The Morgan fingerprint density at radius 1 is 1.30 bits per heavy atom. The van der Waals surface area contributed by atoms with Crippen LogP contribution in [0, 0.1) is 5.92 Å². The van der Waals surface area contributed by atoms with Gasteiger partial charge >= 0.3 is 0 Å². The van der Waals surface area contributed by atoms with Crippen molar-refractivity contribution in [3.05, 3.63) is 47.5 Å². The molecule has 1 N–H and O–H groups in total. The van der Waals surface area contributed by atoms with Crippen molar-refractivity contribution >= 4 is 5.96 Å². The third kappa shape index (κ3) is 5.55. The standard InChI is InChI=1S/C21H34N6/c1-15(2)19(17-9-8-10-23-11-17)12-24-21(22-5)26(6)13-18-14-27(7)25-20(18)16(3)4/h8-11,14-16,19H,12-13H2,1-7H3,(H,22,24). The van der Waals surface area contributed by atoms with E-state index in [0.29, 0.717) is 17.8 Å². The van der Waals surface area contributed by atoms with E-state index in [1.54, 1.807) is 0 Å². The molecule has 1 atom stereocenters. The molecule has 0 bridgehead atoms. The Kier molecular flexibility index (Phi) is 7.39. The van der Waals surface area contributed by atoms with Crippen LogP contribution < -0.4 is 5.32 Å². The highest BCUT2D eigenvalue weighted by atomic mass is 15.3. The number of aromatic nitrogens is 3. The van der Waals surface area contributed by atoms with Crippen molar-refractivity contribution in [3.8, 4) is 0 Å². The van der Waals surface area contributed by atoms with Crippen LogP contribution in [0.1, 0.15) is 56.4 Å². The van der Waals surface area contributed by atoms with Gasteiger partial charge in [-0.1, -0.05) is 33.8 Å². The summed E-state index contributed by atoms with van der Waals surface area (Å²) in [5.41, 5.74) is 3.65. The highest BCUT2D eigenvalue weighted by Crippen LogP contribution is 2.23. The van der Waals surface area contributed by atoms with E-state index >= 15 is 0 Å². The second-order valence-corrected chi connectivity index (χ2v) is 7.79. The van der Waals surface area contributed by atoms with Gasteiger partial charge < -0.3 is 10.2 Å². The Bertz CT molecular complexity index is 732. The molecule has 2 aromatic heterocycles. The second-order valence-electron chi connectivity index (χ2n) is 7.79. The molecule has 2 aromatic rings. The van der Waals surface area contributed by atoms with Gasteiger partial charge in [0.25, 0.3) is 0 Å². The van der Waals surface area contributed by atoms with Crippen molar-refractivity contribution in [1.82, 2.24) is 25.0 Å². The average molecular weight is 371 g/mol.